The van der Waals surface area contributed by atoms with Gasteiger partial charge in [-0.2, -0.15) is 0 Å². The van der Waals surface area contributed by atoms with Crippen molar-refractivity contribution in [2.45, 2.75) is 13.1 Å². The van der Waals surface area contributed by atoms with Gasteiger partial charge in [0.15, 0.2) is 4.77 Å². The summed E-state index contributed by atoms with van der Waals surface area (Å²) >= 11 is 7.67. The molecule has 0 aliphatic carbocycles. The Hall–Kier alpha value is -1.15. The number of hydrogen-bond donors (Lipinski definition) is 1. The molecule has 3 aromatic rings. The molecule has 0 saturated heterocycles. The van der Waals surface area contributed by atoms with Gasteiger partial charge < -0.3 is 14.1 Å². The molecule has 0 aliphatic rings. The van der Waals surface area contributed by atoms with Gasteiger partial charge in [-0.15, -0.1) is 0 Å². The molecule has 0 bridgehead atoms. The summed E-state index contributed by atoms with van der Waals surface area (Å²) in [4.78, 5) is 7.28. The molecule has 1 aromatic carbocycles. The molecule has 92 valence electrons. The van der Waals surface area contributed by atoms with Crippen molar-refractivity contribution >= 4 is 45.8 Å². The van der Waals surface area contributed by atoms with Crippen molar-refractivity contribution in [2.75, 3.05) is 0 Å². The lowest BCUT2D eigenvalue weighted by Gasteiger charge is -2.05. The molecule has 1 N–H and O–H groups in total. The average molecular weight is 370 g/mol. The number of fused-ring (bicyclic) bond motifs is 1. The Balaban J connectivity index is 1.96. The summed E-state index contributed by atoms with van der Waals surface area (Å²) in [5.41, 5.74) is 2.25. The smallest absolute Gasteiger partial charge is 0.178 e. The number of halogens is 1. The van der Waals surface area contributed by atoms with Crippen LogP contribution in [0.1, 0.15) is 0 Å². The molecule has 2 heterocycles. The maximum Gasteiger partial charge on any atom is 0.178 e. The first kappa shape index (κ1) is 11.9. The zero-order valence-electron chi connectivity index (χ0n) is 9.51. The number of rotatable bonds is 3. The monoisotopic (exact) mass is 370 g/mol. The molecule has 3 rings (SSSR count). The van der Waals surface area contributed by atoms with Crippen molar-refractivity contribution in [2.24, 2.45) is 0 Å². The first-order chi connectivity index (χ1) is 8.74. The van der Waals surface area contributed by atoms with Crippen molar-refractivity contribution in [1.29, 1.82) is 0 Å². The van der Waals surface area contributed by atoms with Crippen LogP contribution in [0.15, 0.2) is 36.9 Å². The van der Waals surface area contributed by atoms with Crippen LogP contribution in [0.4, 0.5) is 0 Å². The molecule has 2 aromatic heterocycles. The van der Waals surface area contributed by atoms with Crippen LogP contribution < -0.4 is 0 Å². The third-order valence-corrected chi connectivity index (χ3v) is 3.87. The number of aryl methyl sites for hydroxylation is 2. The van der Waals surface area contributed by atoms with Crippen molar-refractivity contribution < 1.29 is 0 Å². The lowest BCUT2D eigenvalue weighted by atomic mass is 10.3. The maximum atomic E-state index is 5.37. The Bertz CT molecular complexity index is 726. The van der Waals surface area contributed by atoms with Gasteiger partial charge in [-0.25, -0.2) is 4.98 Å². The zero-order chi connectivity index (χ0) is 12.5. The highest BCUT2D eigenvalue weighted by Gasteiger charge is 2.04. The number of nitrogens with one attached hydrogen (secondary N) is 1. The molecule has 0 fully saturated rings. The molecule has 0 unspecified atom stereocenters. The maximum absolute atomic E-state index is 5.37. The van der Waals surface area contributed by atoms with E-state index in [-0.39, 0.29) is 0 Å². The van der Waals surface area contributed by atoms with Gasteiger partial charge in [-0.1, -0.05) is 0 Å². The summed E-state index contributed by atoms with van der Waals surface area (Å²) in [7, 11) is 0. The lowest BCUT2D eigenvalue weighted by Crippen LogP contribution is -2.05. The van der Waals surface area contributed by atoms with Gasteiger partial charge in [0.25, 0.3) is 0 Å². The summed E-state index contributed by atoms with van der Waals surface area (Å²) < 4.78 is 6.15. The molecule has 0 radical (unpaired) electrons. The fourth-order valence-corrected chi connectivity index (χ4v) is 2.78. The van der Waals surface area contributed by atoms with Crippen LogP contribution >= 0.6 is 34.8 Å². The number of imidazole rings is 2. The first-order valence-corrected chi connectivity index (χ1v) is 7.06. The van der Waals surface area contributed by atoms with Gasteiger partial charge in [-0.3, -0.25) is 0 Å². The van der Waals surface area contributed by atoms with E-state index in [4.69, 9.17) is 12.2 Å². The van der Waals surface area contributed by atoms with Crippen LogP contribution in [0.5, 0.6) is 0 Å². The molecule has 0 amide bonds. The van der Waals surface area contributed by atoms with Gasteiger partial charge in [0.05, 0.1) is 17.4 Å². The van der Waals surface area contributed by atoms with Gasteiger partial charge in [0.1, 0.15) is 0 Å². The zero-order valence-corrected chi connectivity index (χ0v) is 12.5. The largest absolute Gasteiger partial charge is 0.336 e. The van der Waals surface area contributed by atoms with E-state index in [2.05, 4.69) is 55.3 Å². The predicted octanol–water partition coefficient (Wildman–Crippen LogP) is 3.20. The highest BCUT2D eigenvalue weighted by atomic mass is 127. The second-order valence-corrected chi connectivity index (χ2v) is 5.68. The number of benzene rings is 1. The van der Waals surface area contributed by atoms with E-state index in [1.807, 2.05) is 17.1 Å². The molecule has 6 heteroatoms. The highest BCUT2D eigenvalue weighted by Crippen LogP contribution is 2.17. The Morgan fingerprint density at radius 1 is 1.33 bits per heavy atom. The lowest BCUT2D eigenvalue weighted by molar-refractivity contribution is 0.584. The van der Waals surface area contributed by atoms with Gasteiger partial charge in [0.2, 0.25) is 0 Å². The standard InChI is InChI=1S/C12H11IN4S/c13-9-1-2-11-10(7-9)15-12(18)17(11)6-5-16-4-3-14-8-16/h1-4,7-8H,5-6H2,(H,15,18). The molecule has 0 aliphatic heterocycles. The van der Waals surface area contributed by atoms with Crippen molar-refractivity contribution in [3.8, 4) is 0 Å². The minimum atomic E-state index is 0.770. The van der Waals surface area contributed by atoms with E-state index in [1.165, 1.54) is 3.57 Å². The van der Waals surface area contributed by atoms with Gasteiger partial charge in [0, 0.05) is 29.1 Å². The number of nitrogens with zero attached hydrogens (tertiary/aromatic N) is 3. The van der Waals surface area contributed by atoms with Gasteiger partial charge in [-0.05, 0) is 53.0 Å². The highest BCUT2D eigenvalue weighted by molar-refractivity contribution is 14.1. The normalized spacial score (nSPS) is 11.2. The molecular formula is C12H11IN4S. The number of H-pyrrole nitrogens is 1. The van der Waals surface area contributed by atoms with Crippen molar-refractivity contribution in [1.82, 2.24) is 19.1 Å². The minimum absolute atomic E-state index is 0.770. The number of aromatic amines is 1. The van der Waals surface area contributed by atoms with Crippen LogP contribution in [-0.2, 0) is 13.1 Å². The van der Waals surface area contributed by atoms with Gasteiger partial charge >= 0.3 is 0 Å². The molecule has 0 saturated carbocycles. The van der Waals surface area contributed by atoms with E-state index < -0.39 is 0 Å². The van der Waals surface area contributed by atoms with E-state index in [0.29, 0.717) is 0 Å². The second kappa shape index (κ2) is 4.85. The van der Waals surface area contributed by atoms with E-state index in [1.54, 1.807) is 6.20 Å². The van der Waals surface area contributed by atoms with Crippen molar-refractivity contribution in [3.05, 3.63) is 45.3 Å². The summed E-state index contributed by atoms with van der Waals surface area (Å²) in [6.07, 6.45) is 5.57. The fraction of sp³-hybridized carbons (Fsp3) is 0.167. The SMILES string of the molecule is S=c1[nH]c2cc(I)ccc2n1CCn1ccnc1. The van der Waals surface area contributed by atoms with Crippen LogP contribution in [0.3, 0.4) is 0 Å². The van der Waals surface area contributed by atoms with Crippen molar-refractivity contribution in [3.63, 3.8) is 0 Å². The third kappa shape index (κ3) is 2.22. The Morgan fingerprint density at radius 2 is 2.22 bits per heavy atom. The van der Waals surface area contributed by atoms with Crippen LogP contribution in [-0.4, -0.2) is 19.1 Å². The molecular weight excluding hydrogens is 359 g/mol. The Morgan fingerprint density at radius 3 is 3.00 bits per heavy atom. The number of hydrogen-bond acceptors (Lipinski definition) is 2. The summed E-state index contributed by atoms with van der Waals surface area (Å²) in [5, 5.41) is 0. The quantitative estimate of drug-likeness (QED) is 0.568. The second-order valence-electron chi connectivity index (χ2n) is 4.04. The predicted molar refractivity (Wildman–Crippen MR) is 82.1 cm³/mol. The third-order valence-electron chi connectivity index (χ3n) is 2.88. The topological polar surface area (TPSA) is 38.5 Å². The van der Waals surface area contributed by atoms with Crippen LogP contribution in [0.25, 0.3) is 11.0 Å². The average Bonchev–Trinajstić information content (AvgIpc) is 2.93. The van der Waals surface area contributed by atoms with E-state index in [9.17, 15) is 0 Å². The first-order valence-electron chi connectivity index (χ1n) is 5.58. The molecule has 4 nitrogen and oxygen atoms in total. The summed E-state index contributed by atoms with van der Waals surface area (Å²) in [5.74, 6) is 0. The fourth-order valence-electron chi connectivity index (χ4n) is 1.99. The number of aromatic nitrogens is 4. The van der Waals surface area contributed by atoms with E-state index >= 15 is 0 Å². The Kier molecular flexibility index (Phi) is 3.21. The van der Waals surface area contributed by atoms with Crippen LogP contribution in [0, 0.1) is 8.34 Å². The van der Waals surface area contributed by atoms with E-state index in [0.717, 1.165) is 28.9 Å². The Labute approximate surface area is 123 Å². The molecule has 0 spiro atoms. The summed E-state index contributed by atoms with van der Waals surface area (Å²) in [6.45, 7) is 1.71. The van der Waals surface area contributed by atoms with Crippen LogP contribution in [0.2, 0.25) is 0 Å². The summed E-state index contributed by atoms with van der Waals surface area (Å²) in [6, 6.07) is 6.32. The molecule has 0 atom stereocenters. The minimum Gasteiger partial charge on any atom is -0.336 e. The molecule has 18 heavy (non-hydrogen) atoms.